The Morgan fingerprint density at radius 2 is 2.00 bits per heavy atom. The first kappa shape index (κ1) is 20.4. The molecule has 0 radical (unpaired) electrons. The average molecular weight is 431 g/mol. The minimum Gasteiger partial charge on any atom is -0.316 e. The Bertz CT molecular complexity index is 909. The van der Waals surface area contributed by atoms with Gasteiger partial charge in [0.25, 0.3) is 0 Å². The van der Waals surface area contributed by atoms with Crippen molar-refractivity contribution in [2.45, 2.75) is 87.6 Å². The topological polar surface area (TPSA) is 96.5 Å². The summed E-state index contributed by atoms with van der Waals surface area (Å²) in [6, 6.07) is 2.65. The molecule has 1 amide bonds. The molecule has 0 saturated heterocycles. The molecule has 0 spiro atoms. The minimum absolute atomic E-state index is 0.110. The smallest absolute Gasteiger partial charge is 0.238 e. The molecular weight excluding hydrogens is 404 g/mol. The Morgan fingerprint density at radius 1 is 1.24 bits per heavy atom. The van der Waals surface area contributed by atoms with Crippen LogP contribution in [0.25, 0.3) is 0 Å². The van der Waals surface area contributed by atoms with E-state index in [1.165, 1.54) is 42.3 Å². The van der Waals surface area contributed by atoms with Crippen molar-refractivity contribution in [3.05, 3.63) is 16.0 Å². The number of hydrogen-bond acceptors (Lipinski definition) is 7. The Balaban J connectivity index is 1.45. The maximum Gasteiger partial charge on any atom is 0.238 e. The van der Waals surface area contributed by atoms with Crippen LogP contribution in [0, 0.1) is 11.3 Å². The van der Waals surface area contributed by atoms with Crippen LogP contribution in [0.15, 0.2) is 5.16 Å². The van der Waals surface area contributed by atoms with Crippen molar-refractivity contribution in [3.63, 3.8) is 0 Å². The summed E-state index contributed by atoms with van der Waals surface area (Å²) in [7, 11) is 0. The van der Waals surface area contributed by atoms with Crippen LogP contribution in [-0.2, 0) is 17.6 Å². The lowest BCUT2D eigenvalue weighted by Crippen LogP contribution is -2.23. The number of amides is 1. The second-order valence-electron chi connectivity index (χ2n) is 7.83. The Kier molecular flexibility index (Phi) is 6.50. The third-order valence-electron chi connectivity index (χ3n) is 5.80. The van der Waals surface area contributed by atoms with Crippen LogP contribution < -0.4 is 5.32 Å². The van der Waals surface area contributed by atoms with Gasteiger partial charge >= 0.3 is 0 Å². The standard InChI is InChI=1S/C20H26N6OS2/c1-13(28-20-23-24-25-26(20)14-8-4-2-5-9-14)18(27)22-19-16(12-21)15-10-6-3-7-11-17(15)29-19/h13-14H,2-11H2,1H3,(H,22,27)/t13-/m1/s1. The van der Waals surface area contributed by atoms with Crippen molar-refractivity contribution in [2.75, 3.05) is 5.32 Å². The van der Waals surface area contributed by atoms with Gasteiger partial charge < -0.3 is 5.32 Å². The fourth-order valence-corrected chi connectivity index (χ4v) is 6.29. The van der Waals surface area contributed by atoms with Gasteiger partial charge in [-0.2, -0.15) is 5.26 Å². The summed E-state index contributed by atoms with van der Waals surface area (Å²) in [5.41, 5.74) is 1.80. The van der Waals surface area contributed by atoms with Crippen LogP contribution >= 0.6 is 23.1 Å². The van der Waals surface area contributed by atoms with Gasteiger partial charge in [0.2, 0.25) is 11.1 Å². The van der Waals surface area contributed by atoms with Gasteiger partial charge in [-0.25, -0.2) is 4.68 Å². The molecule has 9 heteroatoms. The first-order valence-corrected chi connectivity index (χ1v) is 12.2. The van der Waals surface area contributed by atoms with Crippen LogP contribution in [0.4, 0.5) is 5.00 Å². The number of aryl methyl sites for hydroxylation is 1. The monoisotopic (exact) mass is 430 g/mol. The quantitative estimate of drug-likeness (QED) is 0.554. The van der Waals surface area contributed by atoms with Crippen molar-refractivity contribution in [3.8, 4) is 6.07 Å². The first-order valence-electron chi connectivity index (χ1n) is 10.5. The number of aromatic nitrogens is 4. The van der Waals surface area contributed by atoms with Crippen molar-refractivity contribution in [2.24, 2.45) is 0 Å². The fourth-order valence-electron chi connectivity index (χ4n) is 4.19. The minimum atomic E-state index is -0.350. The number of carbonyl (C=O) groups excluding carboxylic acids is 1. The van der Waals surface area contributed by atoms with E-state index in [0.29, 0.717) is 21.8 Å². The number of thiophene rings is 1. The molecule has 1 fully saturated rings. The summed E-state index contributed by atoms with van der Waals surface area (Å²) in [6.45, 7) is 1.87. The number of carbonyl (C=O) groups is 1. The highest BCUT2D eigenvalue weighted by Crippen LogP contribution is 2.37. The van der Waals surface area contributed by atoms with Crippen LogP contribution in [-0.4, -0.2) is 31.4 Å². The van der Waals surface area contributed by atoms with Gasteiger partial charge in [0, 0.05) is 4.88 Å². The van der Waals surface area contributed by atoms with E-state index in [4.69, 9.17) is 0 Å². The molecule has 154 valence electrons. The zero-order valence-electron chi connectivity index (χ0n) is 16.7. The van der Waals surface area contributed by atoms with Gasteiger partial charge in [-0.05, 0) is 61.4 Å². The molecule has 2 aromatic rings. The predicted octanol–water partition coefficient (Wildman–Crippen LogP) is 4.50. The number of hydrogen-bond donors (Lipinski definition) is 1. The normalized spacial score (nSPS) is 18.5. The molecule has 4 rings (SSSR count). The van der Waals surface area contributed by atoms with E-state index < -0.39 is 0 Å². The van der Waals surface area contributed by atoms with E-state index in [2.05, 4.69) is 26.9 Å². The molecule has 1 saturated carbocycles. The lowest BCUT2D eigenvalue weighted by molar-refractivity contribution is -0.115. The number of rotatable bonds is 5. The van der Waals surface area contributed by atoms with Gasteiger partial charge in [-0.3, -0.25) is 4.79 Å². The molecule has 0 bridgehead atoms. The molecule has 1 atom stereocenters. The van der Waals surface area contributed by atoms with Gasteiger partial charge in [0.15, 0.2) is 0 Å². The molecule has 0 aromatic carbocycles. The second kappa shape index (κ2) is 9.26. The van der Waals surface area contributed by atoms with E-state index in [-0.39, 0.29) is 11.2 Å². The van der Waals surface area contributed by atoms with E-state index in [0.717, 1.165) is 44.1 Å². The van der Waals surface area contributed by atoms with Gasteiger partial charge in [-0.1, -0.05) is 37.4 Å². The summed E-state index contributed by atoms with van der Waals surface area (Å²) in [5.74, 6) is -0.110. The highest BCUT2D eigenvalue weighted by atomic mass is 32.2. The fraction of sp³-hybridized carbons (Fsp3) is 0.650. The number of nitrogens with zero attached hydrogens (tertiary/aromatic N) is 5. The molecule has 2 heterocycles. The van der Waals surface area contributed by atoms with Gasteiger partial charge in [0.05, 0.1) is 16.9 Å². The maximum absolute atomic E-state index is 12.9. The number of fused-ring (bicyclic) bond motifs is 1. The average Bonchev–Trinajstić information content (AvgIpc) is 3.25. The van der Waals surface area contributed by atoms with Gasteiger partial charge in [-0.15, -0.1) is 16.4 Å². The maximum atomic E-state index is 12.9. The van der Waals surface area contributed by atoms with Crippen LogP contribution in [0.2, 0.25) is 0 Å². The van der Waals surface area contributed by atoms with Crippen molar-refractivity contribution in [1.29, 1.82) is 5.26 Å². The lowest BCUT2D eigenvalue weighted by atomic mass is 9.96. The molecule has 29 heavy (non-hydrogen) atoms. The van der Waals surface area contributed by atoms with Gasteiger partial charge in [0.1, 0.15) is 11.1 Å². The third kappa shape index (κ3) is 4.48. The van der Waals surface area contributed by atoms with Crippen LogP contribution in [0.5, 0.6) is 0 Å². The number of thioether (sulfide) groups is 1. The Morgan fingerprint density at radius 3 is 2.79 bits per heavy atom. The van der Waals surface area contributed by atoms with Crippen LogP contribution in [0.1, 0.15) is 80.3 Å². The number of nitrogens with one attached hydrogen (secondary N) is 1. The number of nitriles is 1. The highest BCUT2D eigenvalue weighted by molar-refractivity contribution is 8.00. The molecule has 0 aliphatic heterocycles. The number of anilines is 1. The summed E-state index contributed by atoms with van der Waals surface area (Å²) in [5, 5.41) is 25.9. The zero-order chi connectivity index (χ0) is 20.2. The van der Waals surface area contributed by atoms with E-state index in [9.17, 15) is 10.1 Å². The summed E-state index contributed by atoms with van der Waals surface area (Å²) in [4.78, 5) is 14.1. The van der Waals surface area contributed by atoms with Crippen molar-refractivity contribution < 1.29 is 4.79 Å². The van der Waals surface area contributed by atoms with Crippen LogP contribution in [0.3, 0.4) is 0 Å². The Labute approximate surface area is 179 Å². The largest absolute Gasteiger partial charge is 0.316 e. The lowest BCUT2D eigenvalue weighted by Gasteiger charge is -2.22. The number of tetrazole rings is 1. The molecular formula is C20H26N6OS2. The first-order chi connectivity index (χ1) is 14.2. The summed E-state index contributed by atoms with van der Waals surface area (Å²) >= 11 is 2.96. The van der Waals surface area contributed by atoms with Crippen molar-refractivity contribution in [1.82, 2.24) is 20.2 Å². The molecule has 2 aliphatic carbocycles. The molecule has 2 aliphatic rings. The summed E-state index contributed by atoms with van der Waals surface area (Å²) in [6.07, 6.45) is 11.3. The molecule has 7 nitrogen and oxygen atoms in total. The van der Waals surface area contributed by atoms with E-state index in [1.54, 1.807) is 11.3 Å². The van der Waals surface area contributed by atoms with E-state index >= 15 is 0 Å². The second-order valence-corrected chi connectivity index (χ2v) is 10.2. The molecule has 0 unspecified atom stereocenters. The van der Waals surface area contributed by atoms with Crippen molar-refractivity contribution >= 4 is 34.0 Å². The molecule has 2 aromatic heterocycles. The SMILES string of the molecule is C[C@@H](Sc1nnnn1C1CCCCC1)C(=O)Nc1sc2c(c1C#N)CCCCC2. The zero-order valence-corrected chi connectivity index (χ0v) is 18.3. The Hall–Kier alpha value is -1.92. The predicted molar refractivity (Wildman–Crippen MR) is 114 cm³/mol. The van der Waals surface area contributed by atoms with E-state index in [1.807, 2.05) is 11.6 Å². The highest BCUT2D eigenvalue weighted by Gasteiger charge is 2.26. The molecule has 1 N–H and O–H groups in total. The third-order valence-corrected chi connectivity index (χ3v) is 8.06. The summed E-state index contributed by atoms with van der Waals surface area (Å²) < 4.78 is 1.89.